The van der Waals surface area contributed by atoms with Crippen LogP contribution in [-0.2, 0) is 4.79 Å². The first-order valence-electron chi connectivity index (χ1n) is 12.0. The number of amides is 2. The number of halogens is 1. The van der Waals surface area contributed by atoms with Gasteiger partial charge in [-0.05, 0) is 38.8 Å². The van der Waals surface area contributed by atoms with E-state index in [0.717, 1.165) is 24.2 Å². The maximum atomic E-state index is 13.0. The van der Waals surface area contributed by atoms with Gasteiger partial charge in [-0.15, -0.1) is 0 Å². The largest absolute Gasteiger partial charge is 0.353 e. The highest BCUT2D eigenvalue weighted by molar-refractivity contribution is 7.99. The molecule has 1 atom stereocenters. The Morgan fingerprint density at radius 2 is 1.85 bits per heavy atom. The lowest BCUT2D eigenvalue weighted by molar-refractivity contribution is -0.119. The van der Waals surface area contributed by atoms with Crippen LogP contribution in [0.3, 0.4) is 0 Å². The summed E-state index contributed by atoms with van der Waals surface area (Å²) < 4.78 is 0. The molecular weight excluding hydrogens is 470 g/mol. The zero-order chi connectivity index (χ0) is 24.1. The Morgan fingerprint density at radius 1 is 1.12 bits per heavy atom. The first-order chi connectivity index (χ1) is 16.4. The summed E-state index contributed by atoms with van der Waals surface area (Å²) in [6.07, 6.45) is 5.74. The van der Waals surface area contributed by atoms with Gasteiger partial charge < -0.3 is 15.1 Å². The normalized spacial score (nSPS) is 19.2. The fourth-order valence-electron chi connectivity index (χ4n) is 4.59. The van der Waals surface area contributed by atoms with Crippen LogP contribution in [0.2, 0.25) is 5.15 Å². The molecule has 1 saturated heterocycles. The molecule has 1 aliphatic carbocycles. The molecule has 1 aromatic heterocycles. The number of benzene rings is 1. The summed E-state index contributed by atoms with van der Waals surface area (Å²) >= 11 is 7.60. The molecule has 2 amide bonds. The van der Waals surface area contributed by atoms with Crippen molar-refractivity contribution in [2.45, 2.75) is 63.2 Å². The molecule has 0 radical (unpaired) electrons. The van der Waals surface area contributed by atoms with E-state index in [-0.39, 0.29) is 29.7 Å². The molecule has 1 unspecified atom stereocenters. The smallest absolute Gasteiger partial charge is 0.254 e. The SMILES string of the molecule is Cc1ccc(C(=O)N2CCN(c3cc(Cl)nc(SCC(=O)NC4CCCCC4)n3)CC2C)cc1. The first-order valence-corrected chi connectivity index (χ1v) is 13.3. The van der Waals surface area contributed by atoms with Crippen molar-refractivity contribution >= 4 is 41.0 Å². The predicted molar refractivity (Wildman–Crippen MR) is 137 cm³/mol. The van der Waals surface area contributed by atoms with Gasteiger partial charge in [-0.1, -0.05) is 60.3 Å². The fraction of sp³-hybridized carbons (Fsp3) is 0.520. The molecule has 1 saturated carbocycles. The van der Waals surface area contributed by atoms with E-state index in [1.165, 1.54) is 31.0 Å². The van der Waals surface area contributed by atoms with Crippen LogP contribution >= 0.6 is 23.4 Å². The van der Waals surface area contributed by atoms with E-state index < -0.39 is 0 Å². The van der Waals surface area contributed by atoms with Crippen LogP contribution in [0.15, 0.2) is 35.5 Å². The van der Waals surface area contributed by atoms with Crippen molar-refractivity contribution in [1.82, 2.24) is 20.2 Å². The summed E-state index contributed by atoms with van der Waals surface area (Å²) in [5, 5.41) is 3.97. The van der Waals surface area contributed by atoms with Crippen molar-refractivity contribution in [2.75, 3.05) is 30.3 Å². The molecule has 2 heterocycles. The van der Waals surface area contributed by atoms with Gasteiger partial charge in [-0.2, -0.15) is 0 Å². The highest BCUT2D eigenvalue weighted by Crippen LogP contribution is 2.25. The highest BCUT2D eigenvalue weighted by atomic mass is 35.5. The number of carbonyl (C=O) groups is 2. The molecule has 0 bridgehead atoms. The summed E-state index contributed by atoms with van der Waals surface area (Å²) in [6.45, 7) is 5.96. The van der Waals surface area contributed by atoms with Crippen molar-refractivity contribution in [3.63, 3.8) is 0 Å². The van der Waals surface area contributed by atoms with Crippen molar-refractivity contribution in [3.05, 3.63) is 46.6 Å². The van der Waals surface area contributed by atoms with Gasteiger partial charge in [0, 0.05) is 43.3 Å². The van der Waals surface area contributed by atoms with Crippen LogP contribution in [0, 0.1) is 6.92 Å². The van der Waals surface area contributed by atoms with Gasteiger partial charge in [0.25, 0.3) is 5.91 Å². The minimum absolute atomic E-state index is 0.0129. The molecule has 1 N–H and O–H groups in total. The van der Waals surface area contributed by atoms with E-state index in [1.807, 2.05) is 43.0 Å². The minimum Gasteiger partial charge on any atom is -0.353 e. The van der Waals surface area contributed by atoms with E-state index in [0.29, 0.717) is 35.5 Å². The maximum Gasteiger partial charge on any atom is 0.254 e. The number of aryl methyl sites for hydroxylation is 1. The van der Waals surface area contributed by atoms with Crippen LogP contribution in [0.25, 0.3) is 0 Å². The number of carbonyl (C=O) groups excluding carboxylic acids is 2. The molecule has 1 aromatic carbocycles. The van der Waals surface area contributed by atoms with E-state index in [9.17, 15) is 9.59 Å². The van der Waals surface area contributed by atoms with Crippen LogP contribution < -0.4 is 10.2 Å². The van der Waals surface area contributed by atoms with Gasteiger partial charge in [0.2, 0.25) is 5.91 Å². The molecule has 182 valence electrons. The zero-order valence-corrected chi connectivity index (χ0v) is 21.4. The third-order valence-corrected chi connectivity index (χ3v) is 7.52. The summed E-state index contributed by atoms with van der Waals surface area (Å²) in [7, 11) is 0. The van der Waals surface area contributed by atoms with Gasteiger partial charge in [-0.25, -0.2) is 9.97 Å². The summed E-state index contributed by atoms with van der Waals surface area (Å²) in [6, 6.07) is 9.76. The third-order valence-electron chi connectivity index (χ3n) is 6.47. The number of hydrogen-bond acceptors (Lipinski definition) is 6. The van der Waals surface area contributed by atoms with Gasteiger partial charge in [0.05, 0.1) is 5.75 Å². The monoisotopic (exact) mass is 501 g/mol. The summed E-state index contributed by atoms with van der Waals surface area (Å²) in [5.41, 5.74) is 1.84. The molecule has 2 aliphatic rings. The number of nitrogens with zero attached hydrogens (tertiary/aromatic N) is 4. The topological polar surface area (TPSA) is 78.4 Å². The van der Waals surface area contributed by atoms with Crippen LogP contribution in [0.1, 0.15) is 54.9 Å². The molecule has 4 rings (SSSR count). The van der Waals surface area contributed by atoms with Crippen molar-refractivity contribution in [2.24, 2.45) is 0 Å². The number of piperazine rings is 1. The second-order valence-corrected chi connectivity index (χ2v) is 10.5. The highest BCUT2D eigenvalue weighted by Gasteiger charge is 2.29. The summed E-state index contributed by atoms with van der Waals surface area (Å²) in [4.78, 5) is 38.4. The lowest BCUT2D eigenvalue weighted by Crippen LogP contribution is -2.54. The quantitative estimate of drug-likeness (QED) is 0.360. The van der Waals surface area contributed by atoms with Crippen LogP contribution in [0.5, 0.6) is 0 Å². The zero-order valence-electron chi connectivity index (χ0n) is 19.8. The van der Waals surface area contributed by atoms with E-state index in [2.05, 4.69) is 20.2 Å². The molecule has 9 heteroatoms. The Labute approximate surface area is 210 Å². The lowest BCUT2D eigenvalue weighted by Gasteiger charge is -2.40. The molecule has 34 heavy (non-hydrogen) atoms. The molecule has 7 nitrogen and oxygen atoms in total. The average Bonchev–Trinajstić information content (AvgIpc) is 2.83. The lowest BCUT2D eigenvalue weighted by atomic mass is 9.95. The average molecular weight is 502 g/mol. The van der Waals surface area contributed by atoms with Gasteiger partial charge >= 0.3 is 0 Å². The van der Waals surface area contributed by atoms with E-state index in [1.54, 1.807) is 6.07 Å². The van der Waals surface area contributed by atoms with E-state index >= 15 is 0 Å². The Balaban J connectivity index is 1.34. The fourth-order valence-corrected chi connectivity index (χ4v) is 5.48. The first kappa shape index (κ1) is 24.8. The standard InChI is InChI=1S/C25H32ClN5O2S/c1-17-8-10-19(11-9-17)24(33)31-13-12-30(15-18(31)2)22-14-21(26)28-25(29-22)34-16-23(32)27-20-6-4-3-5-7-20/h8-11,14,18,20H,3-7,12-13,15-16H2,1-2H3,(H,27,32). The Hall–Kier alpha value is -2.32. The number of anilines is 1. The number of thioether (sulfide) groups is 1. The van der Waals surface area contributed by atoms with Gasteiger partial charge in [0.15, 0.2) is 5.16 Å². The van der Waals surface area contributed by atoms with Crippen molar-refractivity contribution in [1.29, 1.82) is 0 Å². The van der Waals surface area contributed by atoms with E-state index in [4.69, 9.17) is 11.6 Å². The van der Waals surface area contributed by atoms with Crippen molar-refractivity contribution in [3.8, 4) is 0 Å². The second-order valence-electron chi connectivity index (χ2n) is 9.18. The third kappa shape index (κ3) is 6.42. The second kappa shape index (κ2) is 11.4. The number of aromatic nitrogens is 2. The number of rotatable bonds is 6. The molecule has 2 fully saturated rings. The van der Waals surface area contributed by atoms with Crippen molar-refractivity contribution < 1.29 is 9.59 Å². The Bertz CT molecular complexity index is 1010. The Kier molecular flexibility index (Phi) is 8.32. The predicted octanol–water partition coefficient (Wildman–Crippen LogP) is 4.33. The van der Waals surface area contributed by atoms with Crippen LogP contribution in [0.4, 0.5) is 5.82 Å². The number of nitrogens with one attached hydrogen (secondary N) is 1. The molecule has 1 aliphatic heterocycles. The summed E-state index contributed by atoms with van der Waals surface area (Å²) in [5.74, 6) is 1.06. The van der Waals surface area contributed by atoms with Gasteiger partial charge in [-0.3, -0.25) is 9.59 Å². The Morgan fingerprint density at radius 3 is 2.56 bits per heavy atom. The molecular formula is C25H32ClN5O2S. The van der Waals surface area contributed by atoms with Crippen LogP contribution in [-0.4, -0.2) is 64.2 Å². The minimum atomic E-state index is 0.0129. The number of hydrogen-bond donors (Lipinski definition) is 1. The molecule has 0 spiro atoms. The molecule has 2 aromatic rings. The maximum absolute atomic E-state index is 13.0. The van der Waals surface area contributed by atoms with Gasteiger partial charge in [0.1, 0.15) is 11.0 Å².